The van der Waals surface area contributed by atoms with Gasteiger partial charge in [0.05, 0.1) is 12.2 Å². The lowest BCUT2D eigenvalue weighted by Crippen LogP contribution is -2.27. The maximum atomic E-state index is 13.9. The summed E-state index contributed by atoms with van der Waals surface area (Å²) in [5.74, 6) is -1.48. The smallest absolute Gasteiger partial charge is 0.411 e. The van der Waals surface area contributed by atoms with Gasteiger partial charge in [-0.3, -0.25) is 0 Å². The molecule has 0 spiro atoms. The van der Waals surface area contributed by atoms with Gasteiger partial charge in [-0.1, -0.05) is 0 Å². The van der Waals surface area contributed by atoms with E-state index < -0.39 is 24.6 Å². The molecule has 1 N–H and O–H groups in total. The van der Waals surface area contributed by atoms with Gasteiger partial charge >= 0.3 is 12.1 Å². The lowest BCUT2D eigenvalue weighted by Gasteiger charge is -2.21. The van der Waals surface area contributed by atoms with Crippen LogP contribution in [0.25, 0.3) is 0 Å². The monoisotopic (exact) mass is 334 g/mol. The van der Waals surface area contributed by atoms with Gasteiger partial charge in [-0.25, -0.2) is 14.2 Å². The molecule has 5 nitrogen and oxygen atoms in total. The van der Waals surface area contributed by atoms with Crippen molar-refractivity contribution < 1.29 is 32.2 Å². The fraction of sp³-hybridized carbons (Fsp3) is 0.571. The van der Waals surface area contributed by atoms with Crippen molar-refractivity contribution in [2.75, 3.05) is 31.2 Å². The SMILES string of the molecule is O=C(O)c1cnc(N2C[C@@H]3C(COCC(F)(F)F)[C@@H]3C2)c(F)c1. The van der Waals surface area contributed by atoms with Crippen molar-refractivity contribution in [3.05, 3.63) is 23.6 Å². The van der Waals surface area contributed by atoms with Gasteiger partial charge in [0.1, 0.15) is 6.61 Å². The lowest BCUT2D eigenvalue weighted by molar-refractivity contribution is -0.175. The first-order chi connectivity index (χ1) is 10.8. The van der Waals surface area contributed by atoms with E-state index in [4.69, 9.17) is 5.11 Å². The number of pyridine rings is 1. The van der Waals surface area contributed by atoms with E-state index >= 15 is 0 Å². The molecule has 1 aromatic rings. The highest BCUT2D eigenvalue weighted by atomic mass is 19.4. The number of halogens is 4. The largest absolute Gasteiger partial charge is 0.478 e. The van der Waals surface area contributed by atoms with Crippen LogP contribution in [0.4, 0.5) is 23.4 Å². The molecule has 2 heterocycles. The third-order valence-corrected chi connectivity index (χ3v) is 4.32. The van der Waals surface area contributed by atoms with Gasteiger partial charge in [0.2, 0.25) is 0 Å². The Bertz CT molecular complexity index is 611. The molecule has 0 amide bonds. The summed E-state index contributed by atoms with van der Waals surface area (Å²) >= 11 is 0. The zero-order chi connectivity index (χ0) is 16.8. The summed E-state index contributed by atoms with van der Waals surface area (Å²) in [6.07, 6.45) is -3.23. The predicted molar refractivity (Wildman–Crippen MR) is 70.7 cm³/mol. The standard InChI is InChI=1S/C14H14F4N2O3/c15-11-1-7(13(21)22)2-19-12(11)20-3-8-9(4-20)10(8)5-23-6-14(16,17)18/h1-2,8-10H,3-6H2,(H,21,22)/t8-,9+,10?. The van der Waals surface area contributed by atoms with E-state index in [-0.39, 0.29) is 35.7 Å². The van der Waals surface area contributed by atoms with Crippen LogP contribution in [-0.2, 0) is 4.74 Å². The Balaban J connectivity index is 1.53. The Hall–Kier alpha value is -1.90. The van der Waals surface area contributed by atoms with Crippen LogP contribution >= 0.6 is 0 Å². The zero-order valence-corrected chi connectivity index (χ0v) is 11.9. The molecule has 126 valence electrons. The minimum absolute atomic E-state index is 0.0521. The number of piperidine rings is 1. The van der Waals surface area contributed by atoms with Crippen LogP contribution < -0.4 is 4.90 Å². The number of carboxylic acid groups (broad SMARTS) is 1. The summed E-state index contributed by atoms with van der Waals surface area (Å²) in [6.45, 7) is -0.224. The molecule has 9 heteroatoms. The number of aromatic nitrogens is 1. The topological polar surface area (TPSA) is 62.7 Å². The quantitative estimate of drug-likeness (QED) is 0.837. The highest BCUT2D eigenvalue weighted by Crippen LogP contribution is 2.52. The Morgan fingerprint density at radius 3 is 2.57 bits per heavy atom. The molecular formula is C14H14F4N2O3. The van der Waals surface area contributed by atoms with Gasteiger partial charge in [0.25, 0.3) is 0 Å². The molecule has 2 fully saturated rings. The van der Waals surface area contributed by atoms with E-state index in [2.05, 4.69) is 9.72 Å². The van der Waals surface area contributed by atoms with E-state index in [9.17, 15) is 22.4 Å². The van der Waals surface area contributed by atoms with Crippen molar-refractivity contribution in [2.45, 2.75) is 6.18 Å². The van der Waals surface area contributed by atoms with E-state index in [0.717, 1.165) is 12.3 Å². The van der Waals surface area contributed by atoms with Crippen LogP contribution in [0.5, 0.6) is 0 Å². The first-order valence-corrected chi connectivity index (χ1v) is 7.04. The molecule has 2 aliphatic rings. The van der Waals surface area contributed by atoms with Gasteiger partial charge < -0.3 is 14.7 Å². The molecule has 3 rings (SSSR count). The molecule has 1 saturated carbocycles. The van der Waals surface area contributed by atoms with Crippen LogP contribution in [-0.4, -0.2) is 48.5 Å². The third kappa shape index (κ3) is 3.39. The van der Waals surface area contributed by atoms with E-state index in [1.165, 1.54) is 0 Å². The zero-order valence-electron chi connectivity index (χ0n) is 11.9. The van der Waals surface area contributed by atoms with Crippen molar-refractivity contribution in [1.82, 2.24) is 4.98 Å². The number of hydrogen-bond donors (Lipinski definition) is 1. The second kappa shape index (κ2) is 5.63. The molecule has 1 aliphatic heterocycles. The molecule has 1 aliphatic carbocycles. The number of alkyl halides is 3. The number of carboxylic acids is 1. The fourth-order valence-corrected chi connectivity index (χ4v) is 3.16. The summed E-state index contributed by atoms with van der Waals surface area (Å²) in [5.41, 5.74) is -0.228. The molecular weight excluding hydrogens is 320 g/mol. The number of fused-ring (bicyclic) bond motifs is 1. The third-order valence-electron chi connectivity index (χ3n) is 4.32. The van der Waals surface area contributed by atoms with Gasteiger partial charge in [0.15, 0.2) is 11.6 Å². The van der Waals surface area contributed by atoms with Crippen LogP contribution in [0.1, 0.15) is 10.4 Å². The van der Waals surface area contributed by atoms with E-state index in [1.807, 2.05) is 0 Å². The molecule has 3 atom stereocenters. The molecule has 0 aromatic carbocycles. The highest BCUT2D eigenvalue weighted by Gasteiger charge is 2.56. The average molecular weight is 334 g/mol. The molecule has 1 unspecified atom stereocenters. The van der Waals surface area contributed by atoms with Crippen LogP contribution in [0.15, 0.2) is 12.3 Å². The number of anilines is 1. The van der Waals surface area contributed by atoms with Crippen molar-refractivity contribution in [2.24, 2.45) is 17.8 Å². The second-order valence-corrected chi connectivity index (χ2v) is 5.86. The van der Waals surface area contributed by atoms with Crippen LogP contribution in [0.3, 0.4) is 0 Å². The molecule has 23 heavy (non-hydrogen) atoms. The second-order valence-electron chi connectivity index (χ2n) is 5.86. The maximum absolute atomic E-state index is 13.9. The number of rotatable bonds is 5. The minimum Gasteiger partial charge on any atom is -0.478 e. The number of carbonyl (C=O) groups is 1. The summed E-state index contributed by atoms with van der Waals surface area (Å²) in [5, 5.41) is 8.77. The average Bonchev–Trinajstić information content (AvgIpc) is 2.91. The summed E-state index contributed by atoms with van der Waals surface area (Å²) in [4.78, 5) is 16.3. The number of ether oxygens (including phenoxy) is 1. The van der Waals surface area contributed by atoms with Crippen LogP contribution in [0.2, 0.25) is 0 Å². The molecule has 0 bridgehead atoms. The Morgan fingerprint density at radius 1 is 1.39 bits per heavy atom. The van der Waals surface area contributed by atoms with Gasteiger partial charge in [-0.2, -0.15) is 13.2 Å². The van der Waals surface area contributed by atoms with E-state index in [0.29, 0.717) is 13.1 Å². The predicted octanol–water partition coefficient (Wildman–Crippen LogP) is 2.18. The highest BCUT2D eigenvalue weighted by molar-refractivity contribution is 5.87. The number of nitrogens with zero attached hydrogens (tertiary/aromatic N) is 2. The van der Waals surface area contributed by atoms with Crippen LogP contribution in [0, 0.1) is 23.6 Å². The summed E-state index contributed by atoms with van der Waals surface area (Å²) < 4.78 is 54.6. The maximum Gasteiger partial charge on any atom is 0.411 e. The van der Waals surface area contributed by atoms with E-state index in [1.54, 1.807) is 4.90 Å². The molecule has 1 saturated heterocycles. The number of hydrogen-bond acceptors (Lipinski definition) is 4. The molecule has 1 aromatic heterocycles. The minimum atomic E-state index is -4.32. The summed E-state index contributed by atoms with van der Waals surface area (Å²) in [7, 11) is 0. The van der Waals surface area contributed by atoms with Crippen molar-refractivity contribution in [1.29, 1.82) is 0 Å². The van der Waals surface area contributed by atoms with Crippen molar-refractivity contribution in [3.63, 3.8) is 0 Å². The van der Waals surface area contributed by atoms with Gasteiger partial charge in [-0.05, 0) is 23.8 Å². The normalized spacial score (nSPS) is 26.3. The number of aromatic carboxylic acids is 1. The first kappa shape index (κ1) is 16.0. The Labute approximate surface area is 128 Å². The Morgan fingerprint density at radius 2 is 2.04 bits per heavy atom. The fourth-order valence-electron chi connectivity index (χ4n) is 3.16. The van der Waals surface area contributed by atoms with Crippen molar-refractivity contribution in [3.8, 4) is 0 Å². The van der Waals surface area contributed by atoms with Crippen molar-refractivity contribution >= 4 is 11.8 Å². The lowest BCUT2D eigenvalue weighted by atomic mass is 10.2. The summed E-state index contributed by atoms with van der Waals surface area (Å²) in [6, 6.07) is 0.915. The molecule has 0 radical (unpaired) electrons. The first-order valence-electron chi connectivity index (χ1n) is 7.04. The van der Waals surface area contributed by atoms with Gasteiger partial charge in [-0.15, -0.1) is 0 Å². The Kier molecular flexibility index (Phi) is 3.91. The van der Waals surface area contributed by atoms with Gasteiger partial charge in [0, 0.05) is 19.3 Å².